The molecule has 68 valence electrons. The van der Waals surface area contributed by atoms with Gasteiger partial charge in [0.1, 0.15) is 11.9 Å². The summed E-state index contributed by atoms with van der Waals surface area (Å²) in [7, 11) is 0. The Morgan fingerprint density at radius 2 is 2.08 bits per heavy atom. The molecule has 0 aromatic heterocycles. The molecule has 1 rings (SSSR count). The molecule has 0 amide bonds. The van der Waals surface area contributed by atoms with Gasteiger partial charge in [0.25, 0.3) is 0 Å². The maximum absolute atomic E-state index is 13.0. The number of rotatable bonds is 2. The highest BCUT2D eigenvalue weighted by molar-refractivity contribution is 5.37. The summed E-state index contributed by atoms with van der Waals surface area (Å²) in [6, 6.07) is 3.23. The summed E-state index contributed by atoms with van der Waals surface area (Å²) >= 11 is 0. The highest BCUT2D eigenvalue weighted by Crippen LogP contribution is 2.20. The Labute approximate surface area is 74.4 Å². The van der Waals surface area contributed by atoms with Gasteiger partial charge in [-0.05, 0) is 13.0 Å². The minimum absolute atomic E-state index is 0.168. The van der Waals surface area contributed by atoms with E-state index < -0.39 is 11.6 Å². The largest absolute Gasteiger partial charge is 0.491 e. The van der Waals surface area contributed by atoms with Crippen molar-refractivity contribution in [3.05, 3.63) is 29.3 Å². The van der Waals surface area contributed by atoms with Crippen LogP contribution in [0.25, 0.3) is 0 Å². The number of hydrogen-bond donors (Lipinski definition) is 0. The summed E-state index contributed by atoms with van der Waals surface area (Å²) in [5, 5.41) is 8.37. The molecule has 0 atom stereocenters. The number of hydrogen-bond acceptors (Lipinski definition) is 2. The zero-order valence-electron chi connectivity index (χ0n) is 6.97. The van der Waals surface area contributed by atoms with Crippen molar-refractivity contribution in [2.24, 2.45) is 0 Å². The maximum atomic E-state index is 13.0. The van der Waals surface area contributed by atoms with Gasteiger partial charge in [0.2, 0.25) is 0 Å². The van der Waals surface area contributed by atoms with Crippen LogP contribution in [0.3, 0.4) is 0 Å². The SMILES string of the molecule is CCOc1cc(F)c(C#N)cc1F. The van der Waals surface area contributed by atoms with Crippen molar-refractivity contribution in [3.63, 3.8) is 0 Å². The molecule has 13 heavy (non-hydrogen) atoms. The molecule has 0 aliphatic rings. The Hall–Kier alpha value is -1.63. The van der Waals surface area contributed by atoms with E-state index in [2.05, 4.69) is 0 Å². The molecule has 0 aliphatic heterocycles. The molecule has 0 bridgehead atoms. The Morgan fingerprint density at radius 3 is 2.62 bits per heavy atom. The van der Waals surface area contributed by atoms with Crippen LogP contribution >= 0.6 is 0 Å². The summed E-state index contributed by atoms with van der Waals surface area (Å²) in [5.41, 5.74) is -0.319. The van der Waals surface area contributed by atoms with Crippen LogP contribution in [-0.2, 0) is 0 Å². The lowest BCUT2D eigenvalue weighted by Gasteiger charge is -2.04. The van der Waals surface area contributed by atoms with E-state index in [0.29, 0.717) is 0 Å². The standard InChI is InChI=1S/C9H7F2NO/c1-2-13-9-4-7(10)6(5-12)3-8(9)11/h3-4H,2H2,1H3. The second kappa shape index (κ2) is 3.85. The van der Waals surface area contributed by atoms with Gasteiger partial charge in [0.15, 0.2) is 11.6 Å². The molecule has 1 aromatic carbocycles. The third kappa shape index (κ3) is 1.94. The van der Waals surface area contributed by atoms with E-state index in [4.69, 9.17) is 10.00 Å². The Kier molecular flexibility index (Phi) is 2.80. The smallest absolute Gasteiger partial charge is 0.166 e. The minimum atomic E-state index is -0.771. The van der Waals surface area contributed by atoms with E-state index in [1.165, 1.54) is 6.07 Å². The zero-order valence-corrected chi connectivity index (χ0v) is 6.97. The molecule has 0 radical (unpaired) electrons. The number of nitrogens with zero attached hydrogens (tertiary/aromatic N) is 1. The van der Waals surface area contributed by atoms with Crippen LogP contribution < -0.4 is 4.74 Å². The van der Waals surface area contributed by atoms with Gasteiger partial charge in [0.05, 0.1) is 12.2 Å². The first-order valence-electron chi connectivity index (χ1n) is 3.71. The number of halogens is 2. The molecule has 0 saturated carbocycles. The van der Waals surface area contributed by atoms with Gasteiger partial charge >= 0.3 is 0 Å². The summed E-state index contributed by atoms with van der Waals surface area (Å²) in [6.45, 7) is 1.91. The Morgan fingerprint density at radius 1 is 1.38 bits per heavy atom. The highest BCUT2D eigenvalue weighted by Gasteiger charge is 2.09. The molecule has 1 aromatic rings. The summed E-state index contributed by atoms with van der Waals surface area (Å²) < 4.78 is 30.6. The van der Waals surface area contributed by atoms with Gasteiger partial charge in [-0.2, -0.15) is 5.26 Å². The minimum Gasteiger partial charge on any atom is -0.491 e. The molecule has 0 saturated heterocycles. The normalized spacial score (nSPS) is 9.38. The average Bonchev–Trinajstić information content (AvgIpc) is 2.11. The lowest BCUT2D eigenvalue weighted by atomic mass is 10.2. The molecule has 0 heterocycles. The fraction of sp³-hybridized carbons (Fsp3) is 0.222. The second-order valence-corrected chi connectivity index (χ2v) is 2.31. The Bertz CT molecular complexity index is 357. The predicted octanol–water partition coefficient (Wildman–Crippen LogP) is 2.24. The molecular formula is C9H7F2NO. The predicted molar refractivity (Wildman–Crippen MR) is 42.2 cm³/mol. The van der Waals surface area contributed by atoms with Gasteiger partial charge in [-0.15, -0.1) is 0 Å². The number of ether oxygens (including phenoxy) is 1. The summed E-state index contributed by atoms with van der Waals surface area (Å²) in [6.07, 6.45) is 0. The molecule has 0 unspecified atom stereocenters. The van der Waals surface area contributed by atoms with E-state index in [1.807, 2.05) is 0 Å². The van der Waals surface area contributed by atoms with Crippen molar-refractivity contribution in [1.29, 1.82) is 5.26 Å². The maximum Gasteiger partial charge on any atom is 0.166 e. The Balaban J connectivity index is 3.14. The first-order valence-corrected chi connectivity index (χ1v) is 3.71. The van der Waals surface area contributed by atoms with Crippen LogP contribution in [0.5, 0.6) is 5.75 Å². The first kappa shape index (κ1) is 9.46. The monoisotopic (exact) mass is 183 g/mol. The number of benzene rings is 1. The lowest BCUT2D eigenvalue weighted by Crippen LogP contribution is -1.97. The summed E-state index contributed by atoms with van der Waals surface area (Å²) in [4.78, 5) is 0. The van der Waals surface area contributed by atoms with E-state index in [-0.39, 0.29) is 17.9 Å². The molecule has 4 heteroatoms. The van der Waals surface area contributed by atoms with Crippen LogP contribution in [0.1, 0.15) is 12.5 Å². The first-order chi connectivity index (χ1) is 6.19. The summed E-state index contributed by atoms with van der Waals surface area (Å²) in [5.74, 6) is -1.66. The number of nitriles is 1. The van der Waals surface area contributed by atoms with Crippen molar-refractivity contribution >= 4 is 0 Å². The molecule has 0 spiro atoms. The van der Waals surface area contributed by atoms with Gasteiger partial charge in [-0.3, -0.25) is 0 Å². The zero-order chi connectivity index (χ0) is 9.84. The average molecular weight is 183 g/mol. The van der Waals surface area contributed by atoms with E-state index in [9.17, 15) is 8.78 Å². The van der Waals surface area contributed by atoms with Crippen LogP contribution in [0.4, 0.5) is 8.78 Å². The van der Waals surface area contributed by atoms with Crippen LogP contribution in [0.15, 0.2) is 12.1 Å². The highest BCUT2D eigenvalue weighted by atomic mass is 19.1. The van der Waals surface area contributed by atoms with Crippen molar-refractivity contribution in [1.82, 2.24) is 0 Å². The van der Waals surface area contributed by atoms with Crippen molar-refractivity contribution in [2.45, 2.75) is 6.92 Å². The van der Waals surface area contributed by atoms with Gasteiger partial charge in [-0.25, -0.2) is 8.78 Å². The van der Waals surface area contributed by atoms with E-state index >= 15 is 0 Å². The molecule has 0 aliphatic carbocycles. The lowest BCUT2D eigenvalue weighted by molar-refractivity contribution is 0.319. The molecular weight excluding hydrogens is 176 g/mol. The molecule has 2 nitrogen and oxygen atoms in total. The third-order valence-electron chi connectivity index (χ3n) is 1.44. The van der Waals surface area contributed by atoms with Crippen molar-refractivity contribution in [3.8, 4) is 11.8 Å². The topological polar surface area (TPSA) is 33.0 Å². The van der Waals surface area contributed by atoms with Crippen LogP contribution in [0.2, 0.25) is 0 Å². The van der Waals surface area contributed by atoms with Crippen LogP contribution in [-0.4, -0.2) is 6.61 Å². The van der Waals surface area contributed by atoms with Crippen molar-refractivity contribution in [2.75, 3.05) is 6.61 Å². The van der Waals surface area contributed by atoms with Crippen LogP contribution in [0, 0.1) is 23.0 Å². The van der Waals surface area contributed by atoms with Gasteiger partial charge in [0, 0.05) is 6.07 Å². The van der Waals surface area contributed by atoms with E-state index in [0.717, 1.165) is 12.1 Å². The third-order valence-corrected chi connectivity index (χ3v) is 1.44. The fourth-order valence-electron chi connectivity index (χ4n) is 0.880. The van der Waals surface area contributed by atoms with Crippen molar-refractivity contribution < 1.29 is 13.5 Å². The molecule has 0 fully saturated rings. The van der Waals surface area contributed by atoms with E-state index in [1.54, 1.807) is 6.92 Å². The quantitative estimate of drug-likeness (QED) is 0.704. The van der Waals surface area contributed by atoms with Gasteiger partial charge in [-0.1, -0.05) is 0 Å². The molecule has 0 N–H and O–H groups in total. The second-order valence-electron chi connectivity index (χ2n) is 2.31. The van der Waals surface area contributed by atoms with Gasteiger partial charge < -0.3 is 4.74 Å². The fourth-order valence-corrected chi connectivity index (χ4v) is 0.880.